The van der Waals surface area contributed by atoms with Gasteiger partial charge in [-0.05, 0) is 54.6 Å². The summed E-state index contributed by atoms with van der Waals surface area (Å²) < 4.78 is 0. The van der Waals surface area contributed by atoms with Gasteiger partial charge in [-0.2, -0.15) is 0 Å². The summed E-state index contributed by atoms with van der Waals surface area (Å²) in [5.74, 6) is -1.55. The molecule has 0 fully saturated rings. The van der Waals surface area contributed by atoms with Crippen LogP contribution in [0.1, 0.15) is 31.1 Å². The SMILES string of the molecule is O=C(Nc1ccc(-c2ccccc2)nc1)c1cc(C(=O)Nc2ccc(-c3ccccc3)nc2)cc(C(=O)Nc2ccc(-c3ccccc3)nc2)c1. The summed E-state index contributed by atoms with van der Waals surface area (Å²) in [4.78, 5) is 54.1. The Kier molecular flexibility index (Phi) is 9.42. The number of nitrogens with zero attached hydrogens (tertiary/aromatic N) is 3. The predicted molar refractivity (Wildman–Crippen MR) is 199 cm³/mol. The van der Waals surface area contributed by atoms with Crippen molar-refractivity contribution in [3.8, 4) is 33.8 Å². The third-order valence-electron chi connectivity index (χ3n) is 7.99. The average Bonchev–Trinajstić information content (AvgIpc) is 3.19. The van der Waals surface area contributed by atoms with Crippen molar-refractivity contribution < 1.29 is 14.4 Å². The third kappa shape index (κ3) is 7.90. The van der Waals surface area contributed by atoms with Gasteiger partial charge in [0.1, 0.15) is 0 Å². The van der Waals surface area contributed by atoms with Crippen LogP contribution in [-0.4, -0.2) is 32.7 Å². The van der Waals surface area contributed by atoms with Crippen LogP contribution < -0.4 is 16.0 Å². The van der Waals surface area contributed by atoms with Gasteiger partial charge in [-0.15, -0.1) is 0 Å². The first-order valence-corrected chi connectivity index (χ1v) is 16.1. The van der Waals surface area contributed by atoms with Crippen molar-refractivity contribution in [3.63, 3.8) is 0 Å². The summed E-state index contributed by atoms with van der Waals surface area (Å²) in [6.45, 7) is 0. The lowest BCUT2D eigenvalue weighted by Crippen LogP contribution is -2.19. The lowest BCUT2D eigenvalue weighted by atomic mass is 10.0. The molecule has 0 spiro atoms. The van der Waals surface area contributed by atoms with Gasteiger partial charge in [0.15, 0.2) is 0 Å². The second-order valence-corrected chi connectivity index (χ2v) is 11.6. The van der Waals surface area contributed by atoms with Crippen molar-refractivity contribution in [2.24, 2.45) is 0 Å². The lowest BCUT2D eigenvalue weighted by molar-refractivity contribution is 0.102. The molecule has 0 aliphatic heterocycles. The molecule has 246 valence electrons. The lowest BCUT2D eigenvalue weighted by Gasteiger charge is -2.12. The van der Waals surface area contributed by atoms with E-state index in [-0.39, 0.29) is 16.7 Å². The van der Waals surface area contributed by atoms with Gasteiger partial charge in [0.05, 0.1) is 52.7 Å². The van der Waals surface area contributed by atoms with E-state index in [0.717, 1.165) is 33.8 Å². The Hall–Kier alpha value is -7.26. The molecule has 3 heterocycles. The molecule has 3 N–H and O–H groups in total. The number of aromatic nitrogens is 3. The fourth-order valence-corrected chi connectivity index (χ4v) is 5.37. The number of benzene rings is 4. The van der Waals surface area contributed by atoms with E-state index in [0.29, 0.717) is 17.1 Å². The van der Waals surface area contributed by atoms with Crippen LogP contribution in [0.5, 0.6) is 0 Å². The molecule has 0 atom stereocenters. The van der Waals surface area contributed by atoms with Gasteiger partial charge < -0.3 is 16.0 Å². The predicted octanol–water partition coefficient (Wildman–Crippen LogP) is 8.63. The summed E-state index contributed by atoms with van der Waals surface area (Å²) in [5, 5.41) is 8.48. The normalized spacial score (nSPS) is 10.6. The Balaban J connectivity index is 1.13. The van der Waals surface area contributed by atoms with Crippen molar-refractivity contribution in [1.29, 1.82) is 0 Å². The van der Waals surface area contributed by atoms with Crippen LogP contribution >= 0.6 is 0 Å². The highest BCUT2D eigenvalue weighted by Gasteiger charge is 2.18. The van der Waals surface area contributed by atoms with E-state index < -0.39 is 17.7 Å². The van der Waals surface area contributed by atoms with E-state index in [2.05, 4.69) is 30.9 Å². The molecule has 9 heteroatoms. The molecule has 4 aromatic carbocycles. The van der Waals surface area contributed by atoms with Crippen molar-refractivity contribution in [3.05, 3.63) is 181 Å². The van der Waals surface area contributed by atoms with Crippen LogP contribution in [0, 0.1) is 0 Å². The number of carbonyl (C=O) groups is 3. The molecule has 0 aliphatic rings. The van der Waals surface area contributed by atoms with Gasteiger partial charge in [0.2, 0.25) is 0 Å². The molecular formula is C42H30N6O3. The second kappa shape index (κ2) is 14.9. The molecule has 3 amide bonds. The summed E-state index contributed by atoms with van der Waals surface area (Å²) >= 11 is 0. The fourth-order valence-electron chi connectivity index (χ4n) is 5.37. The Bertz CT molecular complexity index is 2020. The summed E-state index contributed by atoms with van der Waals surface area (Å²) in [6.07, 6.45) is 4.67. The van der Waals surface area contributed by atoms with Crippen LogP contribution in [-0.2, 0) is 0 Å². The number of nitrogens with one attached hydrogen (secondary N) is 3. The van der Waals surface area contributed by atoms with Gasteiger partial charge in [0.25, 0.3) is 17.7 Å². The van der Waals surface area contributed by atoms with Crippen LogP contribution in [0.3, 0.4) is 0 Å². The van der Waals surface area contributed by atoms with Crippen LogP contribution in [0.25, 0.3) is 33.8 Å². The van der Waals surface area contributed by atoms with Crippen molar-refractivity contribution in [2.75, 3.05) is 16.0 Å². The molecule has 0 saturated carbocycles. The second-order valence-electron chi connectivity index (χ2n) is 11.6. The molecule has 0 radical (unpaired) electrons. The highest BCUT2D eigenvalue weighted by molar-refractivity contribution is 6.13. The summed E-state index contributed by atoms with van der Waals surface area (Å²) in [7, 11) is 0. The van der Waals surface area contributed by atoms with Crippen molar-refractivity contribution in [1.82, 2.24) is 15.0 Å². The maximum atomic E-state index is 13.6. The molecule has 0 saturated heterocycles. The Morgan fingerprint density at radius 1 is 0.353 bits per heavy atom. The number of rotatable bonds is 9. The van der Waals surface area contributed by atoms with Gasteiger partial charge in [0, 0.05) is 33.4 Å². The van der Waals surface area contributed by atoms with E-state index in [9.17, 15) is 14.4 Å². The van der Waals surface area contributed by atoms with E-state index in [1.807, 2.05) is 109 Å². The molecule has 7 rings (SSSR count). The average molecular weight is 667 g/mol. The molecule has 0 unspecified atom stereocenters. The Morgan fingerprint density at radius 3 is 0.863 bits per heavy atom. The number of anilines is 3. The monoisotopic (exact) mass is 666 g/mol. The zero-order valence-electron chi connectivity index (χ0n) is 27.2. The molecular weight excluding hydrogens is 637 g/mol. The summed E-state index contributed by atoms with van der Waals surface area (Å²) in [6, 6.07) is 44.0. The molecule has 0 aliphatic carbocycles. The topological polar surface area (TPSA) is 126 Å². The quantitative estimate of drug-likeness (QED) is 0.142. The first kappa shape index (κ1) is 32.3. The molecule has 7 aromatic rings. The first-order chi connectivity index (χ1) is 25.0. The van der Waals surface area contributed by atoms with Crippen LogP contribution in [0.4, 0.5) is 17.1 Å². The van der Waals surface area contributed by atoms with Crippen LogP contribution in [0.2, 0.25) is 0 Å². The third-order valence-corrected chi connectivity index (χ3v) is 7.99. The first-order valence-electron chi connectivity index (χ1n) is 16.1. The van der Waals surface area contributed by atoms with Gasteiger partial charge in [-0.25, -0.2) is 0 Å². The molecule has 0 bridgehead atoms. The number of carbonyl (C=O) groups excluding carboxylic acids is 3. The molecule has 9 nitrogen and oxygen atoms in total. The van der Waals surface area contributed by atoms with E-state index >= 15 is 0 Å². The zero-order valence-corrected chi connectivity index (χ0v) is 27.2. The minimum Gasteiger partial charge on any atom is -0.321 e. The number of hydrogen-bond acceptors (Lipinski definition) is 6. The van der Waals surface area contributed by atoms with Crippen LogP contribution in [0.15, 0.2) is 164 Å². The van der Waals surface area contributed by atoms with E-state index in [1.54, 1.807) is 36.8 Å². The van der Waals surface area contributed by atoms with Crippen molar-refractivity contribution >= 4 is 34.8 Å². The zero-order chi connectivity index (χ0) is 35.0. The number of hydrogen-bond donors (Lipinski definition) is 3. The largest absolute Gasteiger partial charge is 0.321 e. The van der Waals surface area contributed by atoms with Crippen molar-refractivity contribution in [2.45, 2.75) is 0 Å². The van der Waals surface area contributed by atoms with Gasteiger partial charge in [-0.3, -0.25) is 29.3 Å². The maximum Gasteiger partial charge on any atom is 0.255 e. The smallest absolute Gasteiger partial charge is 0.255 e. The Labute approximate surface area is 294 Å². The molecule has 3 aromatic heterocycles. The Morgan fingerprint density at radius 2 is 0.627 bits per heavy atom. The standard InChI is InChI=1S/C42H30N6O3/c49-40(46-34-16-19-37(43-25-34)28-10-4-1-5-11-28)31-22-32(41(50)47-35-17-20-38(44-26-35)29-12-6-2-7-13-29)24-33(23-31)42(51)48-36-18-21-39(45-27-36)30-14-8-3-9-15-30/h1-27H,(H,46,49)(H,47,50)(H,48,51). The number of amides is 3. The van der Waals surface area contributed by atoms with Gasteiger partial charge >= 0.3 is 0 Å². The number of pyridine rings is 3. The van der Waals surface area contributed by atoms with Gasteiger partial charge in [-0.1, -0.05) is 91.0 Å². The maximum absolute atomic E-state index is 13.6. The minimum atomic E-state index is -0.518. The fraction of sp³-hybridized carbons (Fsp3) is 0. The van der Waals surface area contributed by atoms with E-state index in [1.165, 1.54) is 18.2 Å². The molecule has 51 heavy (non-hydrogen) atoms. The highest BCUT2D eigenvalue weighted by atomic mass is 16.2. The van der Waals surface area contributed by atoms with E-state index in [4.69, 9.17) is 0 Å². The highest BCUT2D eigenvalue weighted by Crippen LogP contribution is 2.23. The minimum absolute atomic E-state index is 0.107. The summed E-state index contributed by atoms with van der Waals surface area (Å²) in [5.41, 5.74) is 6.77.